The van der Waals surface area contributed by atoms with Crippen LogP contribution in [-0.4, -0.2) is 36.4 Å². The molecule has 1 N–H and O–H groups in total. The monoisotopic (exact) mass is 390 g/mol. The number of fused-ring (bicyclic) bond motifs is 1. The van der Waals surface area contributed by atoms with Crippen LogP contribution in [0.25, 0.3) is 10.8 Å². The van der Waals surface area contributed by atoms with E-state index in [-0.39, 0.29) is 18.4 Å². The Morgan fingerprint density at radius 2 is 1.76 bits per heavy atom. The van der Waals surface area contributed by atoms with Gasteiger partial charge in [-0.1, -0.05) is 66.2 Å². The largest absolute Gasteiger partial charge is 0.483 e. The van der Waals surface area contributed by atoms with E-state index in [1.165, 1.54) is 0 Å². The molecule has 0 aliphatic heterocycles. The van der Waals surface area contributed by atoms with E-state index in [1.54, 1.807) is 18.9 Å². The molecule has 1 unspecified atom stereocenters. The molecule has 0 saturated carbocycles. The lowest BCUT2D eigenvalue weighted by molar-refractivity contribution is -0.142. The standard InChI is InChI=1S/C24H26N2O3/c1-17-8-6-9-19(14-17)15-26(18(2)24(28)25-3)23(27)16-29-22-13-7-11-20-10-4-5-12-21(20)22/h4-14,18H,15-16H2,1-3H3,(H,25,28). The summed E-state index contributed by atoms with van der Waals surface area (Å²) >= 11 is 0. The predicted octanol–water partition coefficient (Wildman–Crippen LogP) is 3.69. The number of ether oxygens (including phenoxy) is 1. The number of carbonyl (C=O) groups excluding carboxylic acids is 2. The first-order chi connectivity index (χ1) is 14.0. The van der Waals surface area contributed by atoms with Gasteiger partial charge in [-0.25, -0.2) is 0 Å². The zero-order valence-corrected chi connectivity index (χ0v) is 17.0. The molecule has 3 aromatic carbocycles. The van der Waals surface area contributed by atoms with Crippen LogP contribution in [0.2, 0.25) is 0 Å². The van der Waals surface area contributed by atoms with Gasteiger partial charge in [0.1, 0.15) is 11.8 Å². The number of nitrogens with zero attached hydrogens (tertiary/aromatic N) is 1. The van der Waals surface area contributed by atoms with Crippen molar-refractivity contribution in [3.8, 4) is 5.75 Å². The number of rotatable bonds is 7. The Morgan fingerprint density at radius 1 is 1.03 bits per heavy atom. The highest BCUT2D eigenvalue weighted by Crippen LogP contribution is 2.25. The smallest absolute Gasteiger partial charge is 0.261 e. The van der Waals surface area contributed by atoms with Crippen LogP contribution >= 0.6 is 0 Å². The number of nitrogens with one attached hydrogen (secondary N) is 1. The molecule has 0 spiro atoms. The molecule has 5 nitrogen and oxygen atoms in total. The van der Waals surface area contributed by atoms with Gasteiger partial charge in [-0.05, 0) is 30.9 Å². The van der Waals surface area contributed by atoms with Gasteiger partial charge in [0, 0.05) is 19.0 Å². The van der Waals surface area contributed by atoms with Gasteiger partial charge in [-0.2, -0.15) is 0 Å². The third kappa shape index (κ3) is 4.93. The topological polar surface area (TPSA) is 58.6 Å². The molecule has 0 saturated heterocycles. The van der Waals surface area contributed by atoms with Crippen molar-refractivity contribution in [2.24, 2.45) is 0 Å². The van der Waals surface area contributed by atoms with Crippen LogP contribution in [-0.2, 0) is 16.1 Å². The molecule has 150 valence electrons. The molecule has 0 bridgehead atoms. The molecular formula is C24H26N2O3. The zero-order chi connectivity index (χ0) is 20.8. The average Bonchev–Trinajstić information content (AvgIpc) is 2.74. The minimum atomic E-state index is -0.607. The van der Waals surface area contributed by atoms with Crippen LogP contribution in [0.15, 0.2) is 66.7 Å². The van der Waals surface area contributed by atoms with E-state index >= 15 is 0 Å². The first kappa shape index (κ1) is 20.4. The number of amides is 2. The molecular weight excluding hydrogens is 364 g/mol. The maximum absolute atomic E-state index is 13.0. The summed E-state index contributed by atoms with van der Waals surface area (Å²) in [5.41, 5.74) is 2.08. The summed E-state index contributed by atoms with van der Waals surface area (Å²) in [6.45, 7) is 3.93. The summed E-state index contributed by atoms with van der Waals surface area (Å²) in [5, 5.41) is 4.62. The van der Waals surface area contributed by atoms with Crippen LogP contribution in [0.3, 0.4) is 0 Å². The van der Waals surface area contributed by atoms with E-state index in [1.807, 2.05) is 73.7 Å². The highest BCUT2D eigenvalue weighted by Gasteiger charge is 2.26. The molecule has 0 heterocycles. The van der Waals surface area contributed by atoms with Gasteiger partial charge in [-0.3, -0.25) is 9.59 Å². The Morgan fingerprint density at radius 3 is 2.52 bits per heavy atom. The van der Waals surface area contributed by atoms with E-state index in [0.717, 1.165) is 21.9 Å². The normalized spacial score (nSPS) is 11.7. The molecule has 3 aromatic rings. The van der Waals surface area contributed by atoms with Crippen molar-refractivity contribution in [1.29, 1.82) is 0 Å². The quantitative estimate of drug-likeness (QED) is 0.669. The average molecular weight is 390 g/mol. The SMILES string of the molecule is CNC(=O)C(C)N(Cc1cccc(C)c1)C(=O)COc1cccc2ccccc12. The van der Waals surface area contributed by atoms with Crippen molar-refractivity contribution >= 4 is 22.6 Å². The van der Waals surface area contributed by atoms with Crippen LogP contribution < -0.4 is 10.1 Å². The summed E-state index contributed by atoms with van der Waals surface area (Å²) < 4.78 is 5.86. The highest BCUT2D eigenvalue weighted by molar-refractivity contribution is 5.90. The van der Waals surface area contributed by atoms with E-state index in [2.05, 4.69) is 5.32 Å². The second kappa shape index (κ2) is 9.24. The number of hydrogen-bond donors (Lipinski definition) is 1. The van der Waals surface area contributed by atoms with E-state index in [9.17, 15) is 9.59 Å². The molecule has 3 rings (SSSR count). The van der Waals surface area contributed by atoms with Crippen LogP contribution in [0.5, 0.6) is 5.75 Å². The van der Waals surface area contributed by atoms with E-state index in [4.69, 9.17) is 4.74 Å². The van der Waals surface area contributed by atoms with Crippen LogP contribution in [0.4, 0.5) is 0 Å². The van der Waals surface area contributed by atoms with Crippen molar-refractivity contribution in [3.63, 3.8) is 0 Å². The molecule has 29 heavy (non-hydrogen) atoms. The minimum Gasteiger partial charge on any atom is -0.483 e. The summed E-state index contributed by atoms with van der Waals surface area (Å²) in [5.74, 6) is 0.200. The van der Waals surface area contributed by atoms with E-state index in [0.29, 0.717) is 12.3 Å². The van der Waals surface area contributed by atoms with E-state index < -0.39 is 6.04 Å². The Kier molecular flexibility index (Phi) is 6.50. The lowest BCUT2D eigenvalue weighted by Gasteiger charge is -2.28. The van der Waals surface area contributed by atoms with Crippen molar-refractivity contribution < 1.29 is 14.3 Å². The Bertz CT molecular complexity index is 1010. The van der Waals surface area contributed by atoms with Gasteiger partial charge < -0.3 is 15.0 Å². The molecule has 0 fully saturated rings. The maximum atomic E-state index is 13.0. The van der Waals surface area contributed by atoms with Gasteiger partial charge in [0.15, 0.2) is 6.61 Å². The van der Waals surface area contributed by atoms with Crippen LogP contribution in [0.1, 0.15) is 18.1 Å². The highest BCUT2D eigenvalue weighted by atomic mass is 16.5. The van der Waals surface area contributed by atoms with Crippen molar-refractivity contribution in [2.75, 3.05) is 13.7 Å². The first-order valence-electron chi connectivity index (χ1n) is 9.66. The van der Waals surface area contributed by atoms with Crippen LogP contribution in [0, 0.1) is 6.92 Å². The zero-order valence-electron chi connectivity index (χ0n) is 17.0. The second-order valence-electron chi connectivity index (χ2n) is 7.07. The third-order valence-electron chi connectivity index (χ3n) is 4.95. The molecule has 0 aliphatic rings. The van der Waals surface area contributed by atoms with Gasteiger partial charge >= 0.3 is 0 Å². The number of benzene rings is 3. The first-order valence-corrected chi connectivity index (χ1v) is 9.66. The summed E-state index contributed by atoms with van der Waals surface area (Å²) in [7, 11) is 1.57. The lowest BCUT2D eigenvalue weighted by Crippen LogP contribution is -2.48. The van der Waals surface area contributed by atoms with Gasteiger partial charge in [0.2, 0.25) is 5.91 Å². The fourth-order valence-electron chi connectivity index (χ4n) is 3.34. The predicted molar refractivity (Wildman–Crippen MR) is 115 cm³/mol. The fraction of sp³-hybridized carbons (Fsp3) is 0.250. The summed E-state index contributed by atoms with van der Waals surface area (Å²) in [4.78, 5) is 26.8. The molecule has 5 heteroatoms. The fourth-order valence-corrected chi connectivity index (χ4v) is 3.34. The van der Waals surface area contributed by atoms with Crippen molar-refractivity contribution in [2.45, 2.75) is 26.4 Å². The number of hydrogen-bond acceptors (Lipinski definition) is 3. The lowest BCUT2D eigenvalue weighted by atomic mass is 10.1. The molecule has 0 radical (unpaired) electrons. The maximum Gasteiger partial charge on any atom is 0.261 e. The molecule has 0 aromatic heterocycles. The third-order valence-corrected chi connectivity index (χ3v) is 4.95. The van der Waals surface area contributed by atoms with Crippen molar-refractivity contribution in [1.82, 2.24) is 10.2 Å². The second-order valence-corrected chi connectivity index (χ2v) is 7.07. The van der Waals surface area contributed by atoms with Gasteiger partial charge in [-0.15, -0.1) is 0 Å². The minimum absolute atomic E-state index is 0.138. The molecule has 1 atom stereocenters. The summed E-state index contributed by atoms with van der Waals surface area (Å²) in [6.07, 6.45) is 0. The molecule has 0 aliphatic carbocycles. The van der Waals surface area contributed by atoms with Gasteiger partial charge in [0.25, 0.3) is 5.91 Å². The van der Waals surface area contributed by atoms with Crippen molar-refractivity contribution in [3.05, 3.63) is 77.9 Å². The Hall–Kier alpha value is -3.34. The number of carbonyl (C=O) groups is 2. The number of aryl methyl sites for hydroxylation is 1. The Balaban J connectivity index is 1.79. The Labute approximate surface area is 171 Å². The van der Waals surface area contributed by atoms with Gasteiger partial charge in [0.05, 0.1) is 0 Å². The molecule has 2 amide bonds. The number of likely N-dealkylation sites (N-methyl/N-ethyl adjacent to an activating group) is 1. The summed E-state index contributed by atoms with van der Waals surface area (Å²) in [6, 6.07) is 20.9.